The smallest absolute Gasteiger partial charge is 0.392 e. The summed E-state index contributed by atoms with van der Waals surface area (Å²) < 4.78 is 63.1. The van der Waals surface area contributed by atoms with E-state index in [0.29, 0.717) is 12.0 Å². The first-order valence-electron chi connectivity index (χ1n) is 16.4. The Morgan fingerprint density at radius 1 is 1.06 bits per heavy atom. The first-order valence-corrected chi connectivity index (χ1v) is 17.9. The van der Waals surface area contributed by atoms with Gasteiger partial charge in [0.1, 0.15) is 12.8 Å². The molecule has 3 saturated carbocycles. The predicted molar refractivity (Wildman–Crippen MR) is 170 cm³/mol. The largest absolute Gasteiger partial charge is 0.470 e. The highest BCUT2D eigenvalue weighted by molar-refractivity contribution is 7.46. The molecule has 13 heteroatoms. The van der Waals surface area contributed by atoms with Crippen molar-refractivity contribution >= 4 is 19.4 Å². The predicted octanol–water partition coefficient (Wildman–Crippen LogP) is 4.53. The van der Waals surface area contributed by atoms with Crippen molar-refractivity contribution in [3.63, 3.8) is 0 Å². The number of carbonyl (C=O) groups excluding carboxylic acids is 2. The highest BCUT2D eigenvalue weighted by Crippen LogP contribution is 2.72. The van der Waals surface area contributed by atoms with Crippen molar-refractivity contribution < 1.29 is 56.9 Å². The van der Waals surface area contributed by atoms with Gasteiger partial charge in [-0.15, -0.1) is 0 Å². The number of phosphoric ester groups is 1. The van der Waals surface area contributed by atoms with Crippen LogP contribution in [-0.2, 0) is 41.2 Å². The lowest BCUT2D eigenvalue weighted by Gasteiger charge is -2.63. The van der Waals surface area contributed by atoms with Crippen molar-refractivity contribution in [3.8, 4) is 0 Å². The first-order chi connectivity index (χ1) is 23.1. The molecule has 4 aliphatic carbocycles. The summed E-state index contributed by atoms with van der Waals surface area (Å²) in [5.74, 6) is -3.19. The van der Waals surface area contributed by atoms with Crippen LogP contribution in [0.3, 0.4) is 0 Å². The van der Waals surface area contributed by atoms with Crippen LogP contribution in [-0.4, -0.2) is 67.8 Å². The van der Waals surface area contributed by atoms with Gasteiger partial charge in [-0.1, -0.05) is 61.5 Å². The van der Waals surface area contributed by atoms with E-state index in [9.17, 15) is 34.2 Å². The minimum Gasteiger partial charge on any atom is -0.392 e. The molecule has 49 heavy (non-hydrogen) atoms. The zero-order valence-electron chi connectivity index (χ0n) is 27.0. The summed E-state index contributed by atoms with van der Waals surface area (Å²) in [6.45, 7) is 2.04. The molecule has 0 radical (unpaired) electrons. The Bertz CT molecular complexity index is 1790. The molecule has 0 unspecified atom stereocenters. The molecule has 1 heterocycles. The van der Waals surface area contributed by atoms with Crippen LogP contribution < -0.4 is 0 Å². The van der Waals surface area contributed by atoms with Crippen molar-refractivity contribution in [1.82, 2.24) is 0 Å². The number of allylic oxidation sites excluding steroid dienone is 4. The number of hydrogen-bond donors (Lipinski definition) is 4. The number of Topliss-reactive ketones (excluding diaryl/α,β-unsaturated/α-hetero) is 1. The van der Waals surface area contributed by atoms with Gasteiger partial charge in [-0.05, 0) is 72.9 Å². The Labute approximate surface area is 282 Å². The Kier molecular flexibility index (Phi) is 8.32. The van der Waals surface area contributed by atoms with Gasteiger partial charge in [0.25, 0.3) is 0 Å². The Morgan fingerprint density at radius 3 is 2.47 bits per heavy atom. The number of aliphatic hydroxyl groups excluding tert-OH is 2. The van der Waals surface area contributed by atoms with E-state index in [0.717, 1.165) is 22.8 Å². The topological polar surface area (TPSA) is 160 Å². The first kappa shape index (κ1) is 34.5. The molecule has 0 bridgehead atoms. The Hall–Kier alpha value is -2.93. The van der Waals surface area contributed by atoms with Gasteiger partial charge in [0, 0.05) is 22.3 Å². The number of ether oxygens (including phenoxy) is 2. The third-order valence-electron chi connectivity index (χ3n) is 12.0. The monoisotopic (exact) mass is 700 g/mol. The number of hydrogen-bond acceptors (Lipinski definition) is 8. The van der Waals surface area contributed by atoms with Gasteiger partial charge in [-0.25, -0.2) is 13.3 Å². The molecule has 262 valence electrons. The molecular weight excluding hydrogens is 661 g/mol. The van der Waals surface area contributed by atoms with Crippen molar-refractivity contribution in [1.29, 1.82) is 0 Å². The van der Waals surface area contributed by atoms with Crippen molar-refractivity contribution in [2.24, 2.45) is 22.7 Å². The molecule has 0 aromatic heterocycles. The van der Waals surface area contributed by atoms with Gasteiger partial charge < -0.3 is 29.5 Å². The summed E-state index contributed by atoms with van der Waals surface area (Å²) in [7, 11) is -5.09. The van der Waals surface area contributed by atoms with Crippen LogP contribution in [0, 0.1) is 22.7 Å². The lowest BCUT2D eigenvalue weighted by atomic mass is 9.44. The van der Waals surface area contributed by atoms with Gasteiger partial charge in [0.2, 0.25) is 0 Å². The molecular formula is C36H39F2O10P. The SMILES string of the molecule is C[C@]12C=CC(=O)C=C1[C@@H](F)C[C@H]1[C@@H]3C[C@H]4O[C@@H](c5cccc(Cc6ccc(CO)cc6)c5)O[C@@]4(C(=O)COP(=O)(O)O)[C@@]3(C)C[C@H](O)[C@@]12F. The van der Waals surface area contributed by atoms with E-state index < -0.39 is 84.6 Å². The van der Waals surface area contributed by atoms with Crippen LogP contribution in [0.15, 0.2) is 72.3 Å². The van der Waals surface area contributed by atoms with E-state index in [1.165, 1.54) is 19.1 Å². The average molecular weight is 701 g/mol. The summed E-state index contributed by atoms with van der Waals surface area (Å²) in [6.07, 6.45) is -2.03. The third kappa shape index (κ3) is 5.18. The Balaban J connectivity index is 1.25. The summed E-state index contributed by atoms with van der Waals surface area (Å²) in [6, 6.07) is 14.8. The average Bonchev–Trinajstić information content (AvgIpc) is 3.56. The highest BCUT2D eigenvalue weighted by atomic mass is 31.2. The summed E-state index contributed by atoms with van der Waals surface area (Å²) in [5, 5.41) is 21.1. The molecule has 0 spiro atoms. The number of carbonyl (C=O) groups is 2. The van der Waals surface area contributed by atoms with Crippen LogP contribution >= 0.6 is 7.82 Å². The molecule has 2 aromatic carbocycles. The van der Waals surface area contributed by atoms with Crippen molar-refractivity contribution in [2.45, 2.75) is 82.1 Å². The maximum atomic E-state index is 17.7. The number of halogens is 2. The molecule has 0 amide bonds. The van der Waals surface area contributed by atoms with Gasteiger partial charge in [-0.3, -0.25) is 14.1 Å². The number of rotatable bonds is 8. The molecule has 1 saturated heterocycles. The maximum Gasteiger partial charge on any atom is 0.470 e. The number of aliphatic hydroxyl groups is 2. The van der Waals surface area contributed by atoms with Crippen LogP contribution in [0.4, 0.5) is 8.78 Å². The Morgan fingerprint density at radius 2 is 1.78 bits per heavy atom. The lowest BCUT2D eigenvalue weighted by molar-refractivity contribution is -0.235. The van der Waals surface area contributed by atoms with Gasteiger partial charge >= 0.3 is 7.82 Å². The summed E-state index contributed by atoms with van der Waals surface area (Å²) in [4.78, 5) is 45.3. The molecule has 2 aromatic rings. The number of fused-ring (bicyclic) bond motifs is 7. The fourth-order valence-corrected chi connectivity index (χ4v) is 9.98. The summed E-state index contributed by atoms with van der Waals surface area (Å²) >= 11 is 0. The van der Waals surface area contributed by atoms with Crippen LogP contribution in [0.5, 0.6) is 0 Å². The zero-order valence-corrected chi connectivity index (χ0v) is 27.9. The van der Waals surface area contributed by atoms with Gasteiger partial charge in [0.05, 0.1) is 18.8 Å². The molecule has 4 N–H and O–H groups in total. The normalized spacial score (nSPS) is 39.5. The fraction of sp³-hybridized carbons (Fsp3) is 0.500. The summed E-state index contributed by atoms with van der Waals surface area (Å²) in [5.41, 5.74) is -4.14. The van der Waals surface area contributed by atoms with E-state index in [1.54, 1.807) is 13.0 Å². The second-order valence-electron chi connectivity index (χ2n) is 14.5. The van der Waals surface area contributed by atoms with Crippen LogP contribution in [0.25, 0.3) is 0 Å². The molecule has 10 atom stereocenters. The van der Waals surface area contributed by atoms with E-state index in [2.05, 4.69) is 4.52 Å². The highest BCUT2D eigenvalue weighted by Gasteiger charge is 2.80. The zero-order chi connectivity index (χ0) is 35.1. The van der Waals surface area contributed by atoms with Crippen LogP contribution in [0.1, 0.15) is 61.7 Å². The van der Waals surface area contributed by atoms with Gasteiger partial charge in [-0.2, -0.15) is 0 Å². The molecule has 5 aliphatic rings. The van der Waals surface area contributed by atoms with Gasteiger partial charge in [0.15, 0.2) is 29.1 Å². The molecule has 7 rings (SSSR count). The third-order valence-corrected chi connectivity index (χ3v) is 12.4. The van der Waals surface area contributed by atoms with E-state index in [-0.39, 0.29) is 31.4 Å². The molecule has 1 aliphatic heterocycles. The maximum absolute atomic E-state index is 17.7. The second-order valence-corrected chi connectivity index (χ2v) is 15.7. The second kappa shape index (κ2) is 11.8. The minimum absolute atomic E-state index is 0.0304. The van der Waals surface area contributed by atoms with Crippen molar-refractivity contribution in [2.75, 3.05) is 6.61 Å². The molecule has 10 nitrogen and oxygen atoms in total. The van der Waals surface area contributed by atoms with Crippen molar-refractivity contribution in [3.05, 3.63) is 94.6 Å². The number of phosphoric acid groups is 1. The fourth-order valence-electron chi connectivity index (χ4n) is 9.70. The number of benzene rings is 2. The van der Waals surface area contributed by atoms with E-state index >= 15 is 8.78 Å². The van der Waals surface area contributed by atoms with E-state index in [4.69, 9.17) is 9.47 Å². The number of alkyl halides is 2. The van der Waals surface area contributed by atoms with Crippen LogP contribution in [0.2, 0.25) is 0 Å². The number of ketones is 2. The quantitative estimate of drug-likeness (QED) is 0.288. The molecule has 4 fully saturated rings. The standard InChI is InChI=1S/C36H39F2O10P/c1-33-11-10-24(40)14-27(33)28(37)15-26-25-16-31-36(30(42)19-46-49(43,44)45,34(25,2)17-29(41)35(26,33)38)48-32(47-31)23-5-3-4-22(13-23)12-20-6-8-21(18-39)9-7-20/h3-11,13-14,25-26,28-29,31-32,39,41H,12,15-19H2,1-2H3,(H2,43,44,45)/t25-,26-,28-,29-,31+,32+,33-,34-,35-,36+/m0/s1. The minimum atomic E-state index is -5.09. The lowest BCUT2D eigenvalue weighted by Crippen LogP contribution is -2.70. The van der Waals surface area contributed by atoms with E-state index in [1.807, 2.05) is 42.5 Å².